The van der Waals surface area contributed by atoms with Crippen LogP contribution in [0.2, 0.25) is 0 Å². The molecule has 0 radical (unpaired) electrons. The molecule has 1 aromatic heterocycles. The minimum absolute atomic E-state index is 0.0672. The van der Waals surface area contributed by atoms with E-state index in [9.17, 15) is 14.4 Å². The van der Waals surface area contributed by atoms with E-state index in [0.29, 0.717) is 22.9 Å². The van der Waals surface area contributed by atoms with Gasteiger partial charge >= 0.3 is 6.09 Å². The highest BCUT2D eigenvalue weighted by Gasteiger charge is 2.34. The molecule has 0 unspecified atom stereocenters. The lowest BCUT2D eigenvalue weighted by atomic mass is 9.79. The third-order valence-corrected chi connectivity index (χ3v) is 8.29. The summed E-state index contributed by atoms with van der Waals surface area (Å²) in [4.78, 5) is 48.2. The topological polar surface area (TPSA) is 131 Å². The zero-order valence-corrected chi connectivity index (χ0v) is 28.8. The predicted molar refractivity (Wildman–Crippen MR) is 180 cm³/mol. The van der Waals surface area contributed by atoms with Crippen LogP contribution in [-0.2, 0) is 19.8 Å². The fourth-order valence-electron chi connectivity index (χ4n) is 3.76. The maximum absolute atomic E-state index is 12.9. The molecule has 3 rings (SSSR count). The molecular formula is C34H47N5O5S. The number of anilines is 2. The molecule has 2 aromatic carbocycles. The number of nitrogens with zero attached hydrogens (tertiary/aromatic N) is 1. The first kappa shape index (κ1) is 35.5. The van der Waals surface area contributed by atoms with Crippen molar-refractivity contribution in [3.8, 4) is 11.3 Å². The van der Waals surface area contributed by atoms with Crippen molar-refractivity contribution >= 4 is 40.1 Å². The molecule has 1 heterocycles. The highest BCUT2D eigenvalue weighted by molar-refractivity contribution is 7.14. The highest BCUT2D eigenvalue weighted by atomic mass is 32.1. The van der Waals surface area contributed by atoms with Gasteiger partial charge in [-0.15, -0.1) is 11.3 Å². The lowest BCUT2D eigenvalue weighted by Crippen LogP contribution is -2.41. The molecule has 0 aliphatic carbocycles. The van der Waals surface area contributed by atoms with Crippen molar-refractivity contribution in [3.05, 3.63) is 65.0 Å². The predicted octanol–water partition coefficient (Wildman–Crippen LogP) is 7.15. The van der Waals surface area contributed by atoms with Crippen LogP contribution >= 0.6 is 11.3 Å². The quantitative estimate of drug-likeness (QED) is 0.164. The summed E-state index contributed by atoms with van der Waals surface area (Å²) >= 11 is 1.30. The van der Waals surface area contributed by atoms with E-state index in [1.54, 1.807) is 39.0 Å². The molecule has 10 nitrogen and oxygen atoms in total. The third-order valence-electron chi connectivity index (χ3n) is 7.53. The lowest BCUT2D eigenvalue weighted by molar-refractivity contribution is -0.115. The normalized spacial score (nSPS) is 12.3. The molecular weight excluding hydrogens is 590 g/mol. The summed E-state index contributed by atoms with van der Waals surface area (Å²) in [7, 11) is 0. The Labute approximate surface area is 270 Å². The number of nitrogens with one attached hydrogen (secondary N) is 4. The average molecular weight is 638 g/mol. The molecule has 0 spiro atoms. The maximum atomic E-state index is 12.9. The number of ether oxygens (including phenoxy) is 1. The Balaban J connectivity index is 1.54. The first-order valence-corrected chi connectivity index (χ1v) is 15.8. The number of hydrogen-bond acceptors (Lipinski definition) is 8. The zero-order chi connectivity index (χ0) is 33.6. The van der Waals surface area contributed by atoms with Gasteiger partial charge in [0.15, 0.2) is 5.13 Å². The van der Waals surface area contributed by atoms with Crippen LogP contribution in [-0.4, -0.2) is 47.2 Å². The number of carbonyl (C=O) groups excluding carboxylic acids is 3. The third kappa shape index (κ3) is 10.6. The fourth-order valence-corrected chi connectivity index (χ4v) is 4.50. The van der Waals surface area contributed by atoms with Crippen LogP contribution in [0.5, 0.6) is 0 Å². The first-order chi connectivity index (χ1) is 20.8. The molecule has 0 aliphatic heterocycles. The Hall–Kier alpha value is -3.96. The molecule has 11 heteroatoms. The number of aromatic nitrogens is 1. The second-order valence-electron chi connectivity index (χ2n) is 14.1. The van der Waals surface area contributed by atoms with Gasteiger partial charge in [-0.1, -0.05) is 58.9 Å². The molecule has 0 saturated heterocycles. The Morgan fingerprint density at radius 3 is 2.22 bits per heavy atom. The van der Waals surface area contributed by atoms with Crippen LogP contribution < -0.4 is 21.4 Å². The molecule has 0 saturated carbocycles. The summed E-state index contributed by atoms with van der Waals surface area (Å²) in [5.74, 6) is -0.778. The molecule has 244 valence electrons. The largest absolute Gasteiger partial charge is 0.444 e. The minimum Gasteiger partial charge on any atom is -0.444 e. The van der Waals surface area contributed by atoms with Gasteiger partial charge in [0.25, 0.3) is 5.91 Å². The molecule has 3 amide bonds. The average Bonchev–Trinajstić information content (AvgIpc) is 3.41. The Morgan fingerprint density at radius 1 is 0.867 bits per heavy atom. The number of hydrogen-bond donors (Lipinski definition) is 4. The molecule has 0 fully saturated rings. The van der Waals surface area contributed by atoms with Gasteiger partial charge in [0, 0.05) is 28.5 Å². The van der Waals surface area contributed by atoms with Crippen LogP contribution in [0.3, 0.4) is 0 Å². The number of rotatable bonds is 11. The summed E-state index contributed by atoms with van der Waals surface area (Å²) in [6.45, 7) is 19.9. The van der Waals surface area contributed by atoms with Crippen molar-refractivity contribution in [2.75, 3.05) is 23.9 Å². The summed E-state index contributed by atoms with van der Waals surface area (Å²) < 4.78 is 5.32. The minimum atomic E-state index is -0.594. The fraction of sp³-hybridized carbons (Fsp3) is 0.471. The highest BCUT2D eigenvalue weighted by Crippen LogP contribution is 2.34. The Bertz CT molecular complexity index is 1500. The molecule has 0 aliphatic rings. The van der Waals surface area contributed by atoms with Gasteiger partial charge in [-0.05, 0) is 69.9 Å². The van der Waals surface area contributed by atoms with E-state index < -0.39 is 28.6 Å². The van der Waals surface area contributed by atoms with Crippen LogP contribution in [0, 0.1) is 5.41 Å². The monoisotopic (exact) mass is 637 g/mol. The smallest absolute Gasteiger partial charge is 0.407 e. The van der Waals surface area contributed by atoms with E-state index in [1.807, 2.05) is 63.4 Å². The zero-order valence-electron chi connectivity index (χ0n) is 28.0. The van der Waals surface area contributed by atoms with Crippen molar-refractivity contribution in [1.29, 1.82) is 0 Å². The first-order valence-electron chi connectivity index (χ1n) is 14.9. The summed E-state index contributed by atoms with van der Waals surface area (Å²) in [5, 5.41) is 10.5. The van der Waals surface area contributed by atoms with Gasteiger partial charge in [0.05, 0.1) is 23.5 Å². The molecule has 3 aromatic rings. The summed E-state index contributed by atoms with van der Waals surface area (Å²) in [6, 6.07) is 14.8. The maximum Gasteiger partial charge on any atom is 0.407 e. The van der Waals surface area contributed by atoms with E-state index in [4.69, 9.17) is 9.57 Å². The van der Waals surface area contributed by atoms with Gasteiger partial charge in [0.2, 0.25) is 5.91 Å². The van der Waals surface area contributed by atoms with Crippen LogP contribution in [0.15, 0.2) is 53.9 Å². The summed E-state index contributed by atoms with van der Waals surface area (Å²) in [6.07, 6.45) is -0.501. The standard InChI is InChI=1S/C34H47N5O5S/c1-31(2,3)34(9,10)44-39-25-16-12-13-22(18-25)26-20-45-29(37-26)38-27(40)19-35-28(41)23-14-11-15-24(17-23)33(7,8)21-36-30(42)43-32(4,5)6/h11-18,20,39H,19,21H2,1-10H3,(H,35,41)(H,36,42)(H,37,38,40). The van der Waals surface area contributed by atoms with Gasteiger partial charge in [-0.2, -0.15) is 0 Å². The van der Waals surface area contributed by atoms with Crippen molar-refractivity contribution in [2.24, 2.45) is 5.41 Å². The SMILES string of the molecule is CC(C)(C)OC(=O)NCC(C)(C)c1cccc(C(=O)NCC(=O)Nc2nc(-c3cccc(NOC(C)(C)C(C)(C)C)c3)cs2)c1. The lowest BCUT2D eigenvalue weighted by Gasteiger charge is -2.37. The van der Waals surface area contributed by atoms with Crippen molar-refractivity contribution in [2.45, 2.75) is 85.9 Å². The van der Waals surface area contributed by atoms with Gasteiger partial charge < -0.3 is 20.7 Å². The van der Waals surface area contributed by atoms with Crippen molar-refractivity contribution in [3.63, 3.8) is 0 Å². The molecule has 4 N–H and O–H groups in total. The second kappa shape index (κ2) is 14.0. The molecule has 0 bridgehead atoms. The number of carbonyl (C=O) groups is 3. The molecule has 0 atom stereocenters. The Morgan fingerprint density at radius 2 is 1.56 bits per heavy atom. The van der Waals surface area contributed by atoms with Crippen molar-refractivity contribution < 1.29 is 24.0 Å². The van der Waals surface area contributed by atoms with Gasteiger partial charge in [-0.25, -0.2) is 9.78 Å². The number of benzene rings is 2. The van der Waals surface area contributed by atoms with Gasteiger partial charge in [-0.3, -0.25) is 19.9 Å². The number of thiazole rings is 1. The Kier molecular flexibility index (Phi) is 11.0. The van der Waals surface area contributed by atoms with E-state index >= 15 is 0 Å². The van der Waals surface area contributed by atoms with Crippen molar-refractivity contribution in [1.82, 2.24) is 15.6 Å². The van der Waals surface area contributed by atoms with E-state index in [1.165, 1.54) is 11.3 Å². The molecule has 45 heavy (non-hydrogen) atoms. The number of amides is 3. The van der Waals surface area contributed by atoms with E-state index in [-0.39, 0.29) is 17.9 Å². The summed E-state index contributed by atoms with van der Waals surface area (Å²) in [5.41, 5.74) is 5.14. The second-order valence-corrected chi connectivity index (χ2v) is 15.0. The van der Waals surface area contributed by atoms with Gasteiger partial charge in [0.1, 0.15) is 5.60 Å². The van der Waals surface area contributed by atoms with Crippen LogP contribution in [0.1, 0.15) is 85.2 Å². The van der Waals surface area contributed by atoms with Crippen LogP contribution in [0.4, 0.5) is 15.6 Å². The van der Waals surface area contributed by atoms with E-state index in [0.717, 1.165) is 16.8 Å². The number of alkyl carbamates (subject to hydrolysis) is 1. The van der Waals surface area contributed by atoms with Crippen LogP contribution in [0.25, 0.3) is 11.3 Å². The van der Waals surface area contributed by atoms with E-state index in [2.05, 4.69) is 47.2 Å².